The number of aryl methyl sites for hydroxylation is 1. The second-order valence-corrected chi connectivity index (χ2v) is 8.30. The molecule has 0 saturated carbocycles. The summed E-state index contributed by atoms with van der Waals surface area (Å²) < 4.78 is 0. The Hall–Kier alpha value is -1.96. The lowest BCUT2D eigenvalue weighted by Crippen LogP contribution is -2.17. The Bertz CT molecular complexity index is 661. The minimum atomic E-state index is 0.0838. The highest BCUT2D eigenvalue weighted by Gasteiger charge is 2.22. The third kappa shape index (κ3) is 8.82. The molecule has 0 fully saturated rings. The van der Waals surface area contributed by atoms with Gasteiger partial charge in [0.15, 0.2) is 0 Å². The minimum absolute atomic E-state index is 0.0838. The van der Waals surface area contributed by atoms with Gasteiger partial charge in [-0.2, -0.15) is 0 Å². The van der Waals surface area contributed by atoms with Crippen molar-refractivity contribution in [3.8, 4) is 11.5 Å². The van der Waals surface area contributed by atoms with Crippen LogP contribution in [0.15, 0.2) is 48.5 Å². The molecule has 0 amide bonds. The van der Waals surface area contributed by atoms with Crippen LogP contribution in [0.4, 0.5) is 0 Å². The van der Waals surface area contributed by atoms with Crippen LogP contribution in [0.3, 0.4) is 0 Å². The number of para-hydroxylation sites is 2. The molecule has 2 N–H and O–H groups in total. The Morgan fingerprint density at radius 2 is 1.25 bits per heavy atom. The van der Waals surface area contributed by atoms with Crippen LogP contribution >= 0.6 is 0 Å². The van der Waals surface area contributed by atoms with Gasteiger partial charge in [0.05, 0.1) is 0 Å². The van der Waals surface area contributed by atoms with E-state index in [0.717, 1.165) is 24.0 Å². The van der Waals surface area contributed by atoms with Gasteiger partial charge >= 0.3 is 0 Å². The van der Waals surface area contributed by atoms with E-state index in [2.05, 4.69) is 27.7 Å². The molecule has 156 valence electrons. The Kier molecular flexibility index (Phi) is 11.4. The van der Waals surface area contributed by atoms with Crippen LogP contribution in [0.2, 0.25) is 0 Å². The zero-order chi connectivity index (χ0) is 20.8. The smallest absolute Gasteiger partial charge is 0.119 e. The van der Waals surface area contributed by atoms with E-state index >= 15 is 0 Å². The molecule has 0 aliphatic heterocycles. The van der Waals surface area contributed by atoms with E-state index in [-0.39, 0.29) is 5.41 Å². The predicted molar refractivity (Wildman–Crippen MR) is 121 cm³/mol. The highest BCUT2D eigenvalue weighted by Crippen LogP contribution is 2.34. The minimum Gasteiger partial charge on any atom is -0.508 e. The van der Waals surface area contributed by atoms with Gasteiger partial charge < -0.3 is 10.2 Å². The van der Waals surface area contributed by atoms with Crippen LogP contribution in [-0.2, 0) is 11.8 Å². The van der Waals surface area contributed by atoms with Crippen molar-refractivity contribution in [1.82, 2.24) is 0 Å². The molecule has 28 heavy (non-hydrogen) atoms. The summed E-state index contributed by atoms with van der Waals surface area (Å²) >= 11 is 0. The average molecular weight is 385 g/mol. The molecule has 0 radical (unpaired) electrons. The maximum atomic E-state index is 9.80. The topological polar surface area (TPSA) is 40.5 Å². The van der Waals surface area contributed by atoms with Crippen molar-refractivity contribution in [2.24, 2.45) is 0 Å². The van der Waals surface area contributed by atoms with E-state index in [4.69, 9.17) is 0 Å². The molecule has 0 aliphatic carbocycles. The quantitative estimate of drug-likeness (QED) is 0.411. The number of rotatable bonds is 10. The number of benzene rings is 2. The summed E-state index contributed by atoms with van der Waals surface area (Å²) in [5, 5.41) is 19.3. The van der Waals surface area contributed by atoms with Crippen molar-refractivity contribution in [2.75, 3.05) is 0 Å². The van der Waals surface area contributed by atoms with Crippen molar-refractivity contribution in [1.29, 1.82) is 0 Å². The van der Waals surface area contributed by atoms with Crippen molar-refractivity contribution >= 4 is 0 Å². The van der Waals surface area contributed by atoms with Gasteiger partial charge in [0, 0.05) is 0 Å². The number of hydrogen-bond donors (Lipinski definition) is 2. The zero-order valence-corrected chi connectivity index (χ0v) is 18.4. The van der Waals surface area contributed by atoms with E-state index in [0.29, 0.717) is 11.5 Å². The second kappa shape index (κ2) is 13.3. The van der Waals surface area contributed by atoms with E-state index in [9.17, 15) is 10.2 Å². The van der Waals surface area contributed by atoms with Crippen LogP contribution in [-0.4, -0.2) is 10.2 Å². The lowest BCUT2D eigenvalue weighted by atomic mass is 9.79. The molecule has 0 unspecified atom stereocenters. The monoisotopic (exact) mass is 384 g/mol. The normalized spacial score (nSPS) is 11.0. The summed E-state index contributed by atoms with van der Waals surface area (Å²) in [7, 11) is 0. The van der Waals surface area contributed by atoms with Gasteiger partial charge in [0.2, 0.25) is 0 Å². The summed E-state index contributed by atoms with van der Waals surface area (Å²) in [6, 6.07) is 15.3. The molecule has 0 saturated heterocycles. The van der Waals surface area contributed by atoms with Gasteiger partial charge in [0.25, 0.3) is 0 Å². The molecule has 0 spiro atoms. The standard InChI is InChI=1S/C14H22O.C12H18O/c1-4-5-8-11-14(2,3)12-9-6-7-10-13(12)15;1-2-3-4-5-8-11-9-6-7-10-12(11)13/h6-7,9-10,15H,4-5,8,11H2,1-3H3;6-7,9-10,13H,2-5,8H2,1H3. The summed E-state index contributed by atoms with van der Waals surface area (Å²) in [4.78, 5) is 0. The second-order valence-electron chi connectivity index (χ2n) is 8.30. The Labute approximate surface area is 172 Å². The van der Waals surface area contributed by atoms with Crippen LogP contribution in [0.25, 0.3) is 0 Å². The molecule has 2 nitrogen and oxygen atoms in total. The molecule has 0 atom stereocenters. The predicted octanol–water partition coefficient (Wildman–Crippen LogP) is 7.77. The number of aromatic hydroxyl groups is 2. The van der Waals surface area contributed by atoms with Crippen LogP contribution in [0, 0.1) is 0 Å². The summed E-state index contributed by atoms with van der Waals surface area (Å²) in [5.74, 6) is 0.873. The van der Waals surface area contributed by atoms with Crippen molar-refractivity contribution in [2.45, 2.75) is 90.9 Å². The molecule has 0 heterocycles. The van der Waals surface area contributed by atoms with E-state index in [1.54, 1.807) is 12.1 Å². The SMILES string of the molecule is CCCCCC(C)(C)c1ccccc1O.CCCCCCc1ccccc1O. The van der Waals surface area contributed by atoms with Crippen molar-refractivity contribution < 1.29 is 10.2 Å². The molecule has 0 bridgehead atoms. The largest absolute Gasteiger partial charge is 0.508 e. The third-order valence-corrected chi connectivity index (χ3v) is 5.33. The first-order valence-corrected chi connectivity index (χ1v) is 11.0. The van der Waals surface area contributed by atoms with Crippen molar-refractivity contribution in [3.05, 3.63) is 59.7 Å². The molecule has 2 aromatic carbocycles. The van der Waals surface area contributed by atoms with Crippen LogP contribution < -0.4 is 0 Å². The molecular weight excluding hydrogens is 344 g/mol. The first-order chi connectivity index (χ1) is 13.4. The fraction of sp³-hybridized carbons (Fsp3) is 0.538. The number of hydrogen-bond acceptors (Lipinski definition) is 2. The van der Waals surface area contributed by atoms with Gasteiger partial charge in [-0.15, -0.1) is 0 Å². The van der Waals surface area contributed by atoms with Gasteiger partial charge in [-0.25, -0.2) is 0 Å². The zero-order valence-electron chi connectivity index (χ0n) is 18.4. The number of phenolic OH excluding ortho intramolecular Hbond substituents is 2. The van der Waals surface area contributed by atoms with Gasteiger partial charge in [-0.1, -0.05) is 103 Å². The van der Waals surface area contributed by atoms with Crippen LogP contribution in [0.5, 0.6) is 11.5 Å². The summed E-state index contributed by atoms with van der Waals surface area (Å²) in [5.41, 5.74) is 2.24. The fourth-order valence-electron chi connectivity index (χ4n) is 3.46. The van der Waals surface area contributed by atoms with Crippen LogP contribution in [0.1, 0.15) is 90.2 Å². The summed E-state index contributed by atoms with van der Waals surface area (Å²) in [6.45, 7) is 8.84. The van der Waals surface area contributed by atoms with Gasteiger partial charge in [-0.05, 0) is 47.9 Å². The van der Waals surface area contributed by atoms with E-state index in [1.807, 2.05) is 36.4 Å². The Balaban J connectivity index is 0.000000283. The first-order valence-electron chi connectivity index (χ1n) is 11.0. The van der Waals surface area contributed by atoms with E-state index in [1.165, 1.54) is 44.9 Å². The van der Waals surface area contributed by atoms with E-state index < -0.39 is 0 Å². The first kappa shape index (κ1) is 24.1. The van der Waals surface area contributed by atoms with Gasteiger partial charge in [-0.3, -0.25) is 0 Å². The lowest BCUT2D eigenvalue weighted by Gasteiger charge is -2.26. The summed E-state index contributed by atoms with van der Waals surface area (Å²) in [6.07, 6.45) is 10.9. The molecule has 0 aromatic heterocycles. The Morgan fingerprint density at radius 1 is 0.679 bits per heavy atom. The molecule has 0 aliphatic rings. The van der Waals surface area contributed by atoms with Crippen molar-refractivity contribution in [3.63, 3.8) is 0 Å². The average Bonchev–Trinajstić information content (AvgIpc) is 2.67. The molecule has 2 heteroatoms. The van der Waals surface area contributed by atoms with Gasteiger partial charge in [0.1, 0.15) is 11.5 Å². The molecular formula is C26H40O2. The molecule has 2 aromatic rings. The highest BCUT2D eigenvalue weighted by molar-refractivity contribution is 5.37. The lowest BCUT2D eigenvalue weighted by molar-refractivity contribution is 0.408. The molecule has 2 rings (SSSR count). The maximum Gasteiger partial charge on any atom is 0.119 e. The number of unbranched alkanes of at least 4 members (excludes halogenated alkanes) is 5. The Morgan fingerprint density at radius 3 is 1.86 bits per heavy atom. The highest BCUT2D eigenvalue weighted by atomic mass is 16.3. The maximum absolute atomic E-state index is 9.80. The fourth-order valence-corrected chi connectivity index (χ4v) is 3.46. The number of phenols is 2. The third-order valence-electron chi connectivity index (χ3n) is 5.33.